The second-order valence-electron chi connectivity index (χ2n) is 5.96. The summed E-state index contributed by atoms with van der Waals surface area (Å²) in [4.78, 5) is 6.75. The van der Waals surface area contributed by atoms with Crippen LogP contribution in [0.3, 0.4) is 0 Å². The third kappa shape index (κ3) is 4.49. The smallest absolute Gasteiger partial charge is 0.193 e. The maximum atomic E-state index is 5.97. The molecular weight excluding hydrogens is 300 g/mol. The maximum Gasteiger partial charge on any atom is 0.193 e. The van der Waals surface area contributed by atoms with Crippen molar-refractivity contribution in [1.82, 2.24) is 0 Å². The molecule has 3 N–H and O–H groups in total. The predicted octanol–water partition coefficient (Wildman–Crippen LogP) is 2.76. The number of nitrogens with zero attached hydrogens (tertiary/aromatic N) is 2. The van der Waals surface area contributed by atoms with Gasteiger partial charge in [-0.15, -0.1) is 0 Å². The molecule has 1 saturated heterocycles. The SMILES string of the molecule is Cc1cccc(NC(N)=NCc2ccc(N3CCOCC3)cc2)c1. The molecule has 1 fully saturated rings. The van der Waals surface area contributed by atoms with E-state index in [0.29, 0.717) is 12.5 Å². The summed E-state index contributed by atoms with van der Waals surface area (Å²) in [6.07, 6.45) is 0. The molecule has 0 aliphatic carbocycles. The van der Waals surface area contributed by atoms with Crippen molar-refractivity contribution in [3.05, 3.63) is 59.7 Å². The molecule has 126 valence electrons. The molecule has 5 heteroatoms. The van der Waals surface area contributed by atoms with Gasteiger partial charge in [-0.2, -0.15) is 0 Å². The molecule has 2 aromatic carbocycles. The van der Waals surface area contributed by atoms with Crippen LogP contribution in [0.2, 0.25) is 0 Å². The van der Waals surface area contributed by atoms with E-state index in [0.717, 1.165) is 37.6 Å². The zero-order valence-corrected chi connectivity index (χ0v) is 14.0. The first kappa shape index (κ1) is 16.3. The van der Waals surface area contributed by atoms with Crippen molar-refractivity contribution >= 4 is 17.3 Å². The van der Waals surface area contributed by atoms with E-state index in [1.54, 1.807) is 0 Å². The van der Waals surface area contributed by atoms with Crippen LogP contribution in [0.25, 0.3) is 0 Å². The van der Waals surface area contributed by atoms with E-state index in [4.69, 9.17) is 10.5 Å². The molecule has 0 bridgehead atoms. The minimum Gasteiger partial charge on any atom is -0.378 e. The molecule has 2 aromatic rings. The van der Waals surface area contributed by atoms with Gasteiger partial charge in [0.2, 0.25) is 0 Å². The lowest BCUT2D eigenvalue weighted by Crippen LogP contribution is -2.36. The number of guanidine groups is 1. The fourth-order valence-corrected chi connectivity index (χ4v) is 2.72. The number of nitrogens with one attached hydrogen (secondary N) is 1. The van der Waals surface area contributed by atoms with Crippen LogP contribution < -0.4 is 16.0 Å². The van der Waals surface area contributed by atoms with E-state index in [2.05, 4.69) is 52.5 Å². The summed E-state index contributed by atoms with van der Waals surface area (Å²) >= 11 is 0. The summed E-state index contributed by atoms with van der Waals surface area (Å²) in [5, 5.41) is 3.12. The van der Waals surface area contributed by atoms with Crippen LogP contribution in [0.4, 0.5) is 11.4 Å². The van der Waals surface area contributed by atoms with Crippen molar-refractivity contribution in [1.29, 1.82) is 0 Å². The zero-order valence-electron chi connectivity index (χ0n) is 14.0. The highest BCUT2D eigenvalue weighted by atomic mass is 16.5. The molecule has 1 aliphatic rings. The minimum atomic E-state index is 0.429. The van der Waals surface area contributed by atoms with Crippen molar-refractivity contribution in [3.63, 3.8) is 0 Å². The molecule has 3 rings (SSSR count). The third-order valence-corrected chi connectivity index (χ3v) is 4.04. The number of nitrogens with two attached hydrogens (primary N) is 1. The van der Waals surface area contributed by atoms with Crippen molar-refractivity contribution in [2.24, 2.45) is 10.7 Å². The lowest BCUT2D eigenvalue weighted by Gasteiger charge is -2.28. The molecule has 0 saturated carbocycles. The van der Waals surface area contributed by atoms with Gasteiger partial charge in [-0.3, -0.25) is 0 Å². The second-order valence-corrected chi connectivity index (χ2v) is 5.96. The molecule has 0 spiro atoms. The second kappa shape index (κ2) is 7.84. The predicted molar refractivity (Wildman–Crippen MR) is 99.6 cm³/mol. The summed E-state index contributed by atoms with van der Waals surface area (Å²) < 4.78 is 5.39. The first-order valence-corrected chi connectivity index (χ1v) is 8.26. The Hall–Kier alpha value is -2.53. The number of ether oxygens (including phenoxy) is 1. The Morgan fingerprint density at radius 3 is 2.62 bits per heavy atom. The summed E-state index contributed by atoms with van der Waals surface area (Å²) in [7, 11) is 0. The zero-order chi connectivity index (χ0) is 16.8. The number of anilines is 2. The Morgan fingerprint density at radius 2 is 1.92 bits per heavy atom. The van der Waals surface area contributed by atoms with Crippen LogP contribution in [0.15, 0.2) is 53.5 Å². The highest BCUT2D eigenvalue weighted by Crippen LogP contribution is 2.17. The number of aryl methyl sites for hydroxylation is 1. The molecular formula is C19H24N4O. The van der Waals surface area contributed by atoms with Gasteiger partial charge >= 0.3 is 0 Å². The molecule has 5 nitrogen and oxygen atoms in total. The molecule has 24 heavy (non-hydrogen) atoms. The number of aliphatic imine (C=N–C) groups is 1. The van der Waals surface area contributed by atoms with Crippen LogP contribution in [-0.4, -0.2) is 32.3 Å². The largest absolute Gasteiger partial charge is 0.378 e. The highest BCUT2D eigenvalue weighted by Gasteiger charge is 2.10. The summed E-state index contributed by atoms with van der Waals surface area (Å²) in [6.45, 7) is 6.11. The fourth-order valence-electron chi connectivity index (χ4n) is 2.72. The minimum absolute atomic E-state index is 0.429. The van der Waals surface area contributed by atoms with Gasteiger partial charge in [-0.25, -0.2) is 4.99 Å². The average molecular weight is 324 g/mol. The molecule has 1 aliphatic heterocycles. The topological polar surface area (TPSA) is 62.9 Å². The van der Waals surface area contributed by atoms with Gasteiger partial charge in [-0.1, -0.05) is 24.3 Å². The van der Waals surface area contributed by atoms with E-state index < -0.39 is 0 Å². The van der Waals surface area contributed by atoms with Gasteiger partial charge in [0.1, 0.15) is 0 Å². The van der Waals surface area contributed by atoms with E-state index >= 15 is 0 Å². The third-order valence-electron chi connectivity index (χ3n) is 4.04. The summed E-state index contributed by atoms with van der Waals surface area (Å²) in [5.41, 5.74) is 10.5. The Kier molecular flexibility index (Phi) is 5.33. The van der Waals surface area contributed by atoms with Gasteiger partial charge < -0.3 is 20.7 Å². The van der Waals surface area contributed by atoms with Crippen LogP contribution in [0.5, 0.6) is 0 Å². The van der Waals surface area contributed by atoms with E-state index in [-0.39, 0.29) is 0 Å². The Bertz CT molecular complexity index is 691. The van der Waals surface area contributed by atoms with Gasteiger partial charge in [-0.05, 0) is 42.3 Å². The molecule has 0 aromatic heterocycles. The van der Waals surface area contributed by atoms with Gasteiger partial charge in [0.25, 0.3) is 0 Å². The molecule has 0 atom stereocenters. The lowest BCUT2D eigenvalue weighted by molar-refractivity contribution is 0.122. The van der Waals surface area contributed by atoms with Gasteiger partial charge in [0.05, 0.1) is 19.8 Å². The highest BCUT2D eigenvalue weighted by molar-refractivity contribution is 5.92. The number of hydrogen-bond donors (Lipinski definition) is 2. The van der Waals surface area contributed by atoms with Crippen LogP contribution in [0, 0.1) is 6.92 Å². The Balaban J connectivity index is 1.57. The maximum absolute atomic E-state index is 5.97. The molecule has 0 unspecified atom stereocenters. The van der Waals surface area contributed by atoms with Crippen molar-refractivity contribution in [2.45, 2.75) is 13.5 Å². The van der Waals surface area contributed by atoms with Crippen molar-refractivity contribution < 1.29 is 4.74 Å². The summed E-state index contributed by atoms with van der Waals surface area (Å²) in [6, 6.07) is 16.6. The van der Waals surface area contributed by atoms with E-state index in [9.17, 15) is 0 Å². The van der Waals surface area contributed by atoms with Crippen molar-refractivity contribution in [3.8, 4) is 0 Å². The number of hydrogen-bond acceptors (Lipinski definition) is 3. The standard InChI is InChI=1S/C19H24N4O/c1-15-3-2-4-17(13-15)22-19(20)21-14-16-5-7-18(8-6-16)23-9-11-24-12-10-23/h2-8,13H,9-12,14H2,1H3,(H3,20,21,22). The molecule has 0 amide bonds. The first-order valence-electron chi connectivity index (χ1n) is 8.26. The van der Waals surface area contributed by atoms with Crippen LogP contribution in [0.1, 0.15) is 11.1 Å². The Labute approximate surface area is 143 Å². The normalized spacial score (nSPS) is 15.4. The molecule has 0 radical (unpaired) electrons. The van der Waals surface area contributed by atoms with E-state index in [1.165, 1.54) is 11.3 Å². The number of morpholine rings is 1. The van der Waals surface area contributed by atoms with Gasteiger partial charge in [0, 0.05) is 24.5 Å². The van der Waals surface area contributed by atoms with Gasteiger partial charge in [0.15, 0.2) is 5.96 Å². The first-order chi connectivity index (χ1) is 11.7. The molecule has 1 heterocycles. The average Bonchev–Trinajstić information content (AvgIpc) is 2.61. The monoisotopic (exact) mass is 324 g/mol. The van der Waals surface area contributed by atoms with Crippen LogP contribution in [-0.2, 0) is 11.3 Å². The number of benzene rings is 2. The summed E-state index contributed by atoms with van der Waals surface area (Å²) in [5.74, 6) is 0.429. The lowest BCUT2D eigenvalue weighted by atomic mass is 10.2. The Morgan fingerprint density at radius 1 is 1.17 bits per heavy atom. The van der Waals surface area contributed by atoms with Crippen LogP contribution >= 0.6 is 0 Å². The van der Waals surface area contributed by atoms with E-state index in [1.807, 2.05) is 18.2 Å². The number of rotatable bonds is 4. The van der Waals surface area contributed by atoms with Crippen molar-refractivity contribution in [2.75, 3.05) is 36.5 Å². The quantitative estimate of drug-likeness (QED) is 0.670. The fraction of sp³-hybridized carbons (Fsp3) is 0.316.